The minimum Gasteiger partial charge on any atom is -0.452 e. The molecule has 0 aliphatic rings. The smallest absolute Gasteiger partial charge is 0.338 e. The van der Waals surface area contributed by atoms with Gasteiger partial charge in [0.15, 0.2) is 6.29 Å². The predicted molar refractivity (Wildman–Crippen MR) is 73.5 cm³/mol. The lowest BCUT2D eigenvalue weighted by Crippen LogP contribution is -2.42. The van der Waals surface area contributed by atoms with E-state index in [9.17, 15) is 9.59 Å². The molecule has 1 aromatic rings. The van der Waals surface area contributed by atoms with Gasteiger partial charge in [0.25, 0.3) is 0 Å². The molecule has 0 amide bonds. The maximum atomic E-state index is 12.0. The minimum atomic E-state index is -0.841. The first-order valence-electron chi connectivity index (χ1n) is 6.07. The molecule has 0 unspecified atom stereocenters. The van der Waals surface area contributed by atoms with Crippen molar-refractivity contribution in [1.82, 2.24) is 0 Å². The second kappa shape index (κ2) is 8.24. The number of benzene rings is 1. The molecule has 0 heterocycles. The number of carbonyl (C=O) groups excluding carboxylic acids is 2. The van der Waals surface area contributed by atoms with E-state index in [-0.39, 0.29) is 0 Å². The van der Waals surface area contributed by atoms with Crippen molar-refractivity contribution in [2.24, 2.45) is 0 Å². The van der Waals surface area contributed by atoms with E-state index in [1.807, 2.05) is 0 Å². The van der Waals surface area contributed by atoms with Crippen LogP contribution in [0.3, 0.4) is 0 Å². The number of aldehydes is 1. The molecule has 1 rings (SSSR count). The molecule has 3 atom stereocenters. The molecule has 0 radical (unpaired) electrons. The summed E-state index contributed by atoms with van der Waals surface area (Å²) in [7, 11) is 2.79. The average molecular weight is 278 g/mol. The lowest BCUT2D eigenvalue weighted by atomic mass is 10.1. The molecule has 0 saturated carbocycles. The molecule has 0 spiro atoms. The summed E-state index contributed by atoms with van der Waals surface area (Å²) >= 11 is 0. The Morgan fingerprint density at radius 2 is 1.80 bits per heavy atom. The fourth-order valence-electron chi connectivity index (χ4n) is 1.74. The number of esters is 1. The fourth-order valence-corrected chi connectivity index (χ4v) is 1.74. The normalized spacial score (nSPS) is 14.9. The van der Waals surface area contributed by atoms with Gasteiger partial charge >= 0.3 is 5.97 Å². The van der Waals surface area contributed by atoms with E-state index in [4.69, 9.17) is 14.2 Å². The Kier molecular flexibility index (Phi) is 6.63. The van der Waals surface area contributed by atoms with Gasteiger partial charge in [0.2, 0.25) is 0 Å². The van der Waals surface area contributed by atoms with E-state index >= 15 is 0 Å². The lowest BCUT2D eigenvalue weighted by molar-refractivity contribution is -0.131. The van der Waals surface area contributed by atoms with Gasteiger partial charge in [-0.15, -0.1) is 0 Å². The van der Waals surface area contributed by atoms with Crippen molar-refractivity contribution in [2.45, 2.75) is 18.3 Å². The van der Waals surface area contributed by atoms with Gasteiger partial charge in [0.05, 0.1) is 5.56 Å². The number of hydrogen-bond donors (Lipinski definition) is 0. The highest BCUT2D eigenvalue weighted by Crippen LogP contribution is 2.13. The Hall–Kier alpha value is -1.98. The number of carbonyl (C=O) groups is 2. The third-order valence-electron chi connectivity index (χ3n) is 2.81. The van der Waals surface area contributed by atoms with Gasteiger partial charge < -0.3 is 19.0 Å². The van der Waals surface area contributed by atoms with Crippen LogP contribution in [0, 0.1) is 0 Å². The predicted octanol–water partition coefficient (Wildman–Crippen LogP) is 1.63. The maximum Gasteiger partial charge on any atom is 0.338 e. The van der Waals surface area contributed by atoms with Crippen LogP contribution in [0.2, 0.25) is 0 Å². The third-order valence-corrected chi connectivity index (χ3v) is 2.81. The van der Waals surface area contributed by atoms with Crippen LogP contribution in [0.1, 0.15) is 10.4 Å². The largest absolute Gasteiger partial charge is 0.452 e. The number of rotatable bonds is 8. The van der Waals surface area contributed by atoms with Crippen LogP contribution in [0.5, 0.6) is 0 Å². The molecule has 20 heavy (non-hydrogen) atoms. The number of ether oxygens (including phenoxy) is 3. The van der Waals surface area contributed by atoms with Gasteiger partial charge in [0, 0.05) is 14.2 Å². The molecule has 0 aliphatic heterocycles. The quantitative estimate of drug-likeness (QED) is 0.411. The summed E-state index contributed by atoms with van der Waals surface area (Å²) in [6.07, 6.45) is -0.372. The molecule has 0 aromatic heterocycles. The highest BCUT2D eigenvalue weighted by Gasteiger charge is 2.30. The Balaban J connectivity index is 2.82. The second-order valence-corrected chi connectivity index (χ2v) is 4.01. The highest BCUT2D eigenvalue weighted by molar-refractivity contribution is 5.89. The fraction of sp³-hybridized carbons (Fsp3) is 0.333. The molecule has 0 bridgehead atoms. The molecule has 0 fully saturated rings. The van der Waals surface area contributed by atoms with E-state index in [2.05, 4.69) is 6.58 Å². The van der Waals surface area contributed by atoms with E-state index < -0.39 is 24.3 Å². The van der Waals surface area contributed by atoms with Crippen molar-refractivity contribution in [2.75, 3.05) is 14.2 Å². The number of methoxy groups -OCH3 is 2. The van der Waals surface area contributed by atoms with E-state index in [0.717, 1.165) is 0 Å². The standard InChI is InChI=1S/C15H18O5/c1-4-12(14(19-3)13(10-16)18-2)20-15(17)11-8-6-5-7-9-11/h4-10,12-14H,1H2,2-3H3/t12-,13+,14+/m1/s1. The molecule has 108 valence electrons. The summed E-state index contributed by atoms with van der Waals surface area (Å²) in [5.74, 6) is -0.515. The van der Waals surface area contributed by atoms with Crippen LogP contribution < -0.4 is 0 Å². The zero-order valence-corrected chi connectivity index (χ0v) is 11.5. The minimum absolute atomic E-state index is 0.411. The molecule has 5 heteroatoms. The summed E-state index contributed by atoms with van der Waals surface area (Å²) in [5.41, 5.74) is 0.411. The Morgan fingerprint density at radius 3 is 2.25 bits per heavy atom. The van der Waals surface area contributed by atoms with E-state index in [0.29, 0.717) is 11.8 Å². The first-order valence-corrected chi connectivity index (χ1v) is 6.07. The maximum absolute atomic E-state index is 12.0. The van der Waals surface area contributed by atoms with Gasteiger partial charge in [-0.2, -0.15) is 0 Å². The zero-order valence-electron chi connectivity index (χ0n) is 11.5. The van der Waals surface area contributed by atoms with Crippen LogP contribution in [0.25, 0.3) is 0 Å². The SMILES string of the molecule is C=C[C@@H](OC(=O)c1ccccc1)[C@H](OC)[C@H](C=O)OC. The topological polar surface area (TPSA) is 61.8 Å². The summed E-state index contributed by atoms with van der Waals surface area (Å²) in [6, 6.07) is 8.54. The molecule has 0 saturated heterocycles. The molecule has 5 nitrogen and oxygen atoms in total. The Bertz CT molecular complexity index is 443. The summed E-state index contributed by atoms with van der Waals surface area (Å²) in [6.45, 7) is 3.60. The second-order valence-electron chi connectivity index (χ2n) is 4.01. The Labute approximate surface area is 118 Å². The average Bonchev–Trinajstić information content (AvgIpc) is 2.51. The van der Waals surface area contributed by atoms with Crippen LogP contribution >= 0.6 is 0 Å². The molecular formula is C15H18O5. The van der Waals surface area contributed by atoms with Crippen LogP contribution in [0.15, 0.2) is 43.0 Å². The van der Waals surface area contributed by atoms with Crippen LogP contribution in [-0.4, -0.2) is 44.8 Å². The molecule has 0 aliphatic carbocycles. The van der Waals surface area contributed by atoms with E-state index in [1.165, 1.54) is 20.3 Å². The summed E-state index contributed by atoms with van der Waals surface area (Å²) < 4.78 is 15.5. The van der Waals surface area contributed by atoms with Gasteiger partial charge in [-0.3, -0.25) is 0 Å². The van der Waals surface area contributed by atoms with Crippen molar-refractivity contribution in [3.05, 3.63) is 48.6 Å². The van der Waals surface area contributed by atoms with E-state index in [1.54, 1.807) is 30.3 Å². The first-order chi connectivity index (χ1) is 9.67. The first kappa shape index (κ1) is 16.1. The van der Waals surface area contributed by atoms with Crippen LogP contribution in [-0.2, 0) is 19.0 Å². The molecular weight excluding hydrogens is 260 g/mol. The van der Waals surface area contributed by atoms with Gasteiger partial charge in [0.1, 0.15) is 18.3 Å². The number of hydrogen-bond acceptors (Lipinski definition) is 5. The summed E-state index contributed by atoms with van der Waals surface area (Å²) in [4.78, 5) is 22.9. The van der Waals surface area contributed by atoms with Crippen molar-refractivity contribution >= 4 is 12.3 Å². The van der Waals surface area contributed by atoms with Gasteiger partial charge in [-0.05, 0) is 18.2 Å². The van der Waals surface area contributed by atoms with Gasteiger partial charge in [-0.1, -0.05) is 24.8 Å². The van der Waals surface area contributed by atoms with Crippen LogP contribution in [0.4, 0.5) is 0 Å². The zero-order chi connectivity index (χ0) is 15.0. The monoisotopic (exact) mass is 278 g/mol. The molecule has 0 N–H and O–H groups in total. The van der Waals surface area contributed by atoms with Crippen molar-refractivity contribution in [1.29, 1.82) is 0 Å². The van der Waals surface area contributed by atoms with Crippen molar-refractivity contribution in [3.8, 4) is 0 Å². The lowest BCUT2D eigenvalue weighted by Gasteiger charge is -2.26. The highest BCUT2D eigenvalue weighted by atomic mass is 16.6. The Morgan fingerprint density at radius 1 is 1.15 bits per heavy atom. The molecule has 1 aromatic carbocycles. The summed E-state index contributed by atoms with van der Waals surface area (Å²) in [5, 5.41) is 0. The van der Waals surface area contributed by atoms with Crippen molar-refractivity contribution in [3.63, 3.8) is 0 Å². The third kappa shape index (κ3) is 4.01. The van der Waals surface area contributed by atoms with Gasteiger partial charge in [-0.25, -0.2) is 4.79 Å². The van der Waals surface area contributed by atoms with Crippen molar-refractivity contribution < 1.29 is 23.8 Å².